The number of carbonyl (C=O) groups is 2. The molecule has 3 heterocycles. The summed E-state index contributed by atoms with van der Waals surface area (Å²) in [5, 5.41) is 0. The number of halogens is 2. The Balaban J connectivity index is 1.20. The fourth-order valence-corrected chi connectivity index (χ4v) is 6.09. The van der Waals surface area contributed by atoms with Crippen LogP contribution in [-0.2, 0) is 26.5 Å². The minimum atomic E-state index is -1.02. The van der Waals surface area contributed by atoms with E-state index in [2.05, 4.69) is 36.1 Å². The Morgan fingerprint density at radius 2 is 1.86 bits per heavy atom. The van der Waals surface area contributed by atoms with Crippen LogP contribution >= 0.6 is 0 Å². The third kappa shape index (κ3) is 5.01. The standard InChI is InChI=1S/C29H35F2N3O3/c1-20(33-16-12-29(13-17-33)23-7-4-3-6-22(23)19-37-29)11-15-32(2)28(36)27(34-14-5-8-26(34)35)21-9-10-24(30)25(31)18-21/h3-4,6-7,9-10,18,20,27H,5,8,11-17,19H2,1-2H3. The maximum Gasteiger partial charge on any atom is 0.249 e. The molecule has 6 nitrogen and oxygen atoms in total. The first-order valence-electron chi connectivity index (χ1n) is 13.2. The average Bonchev–Trinajstić information content (AvgIpc) is 3.49. The van der Waals surface area contributed by atoms with Crippen molar-refractivity contribution >= 4 is 11.8 Å². The maximum absolute atomic E-state index is 14.0. The Hall–Kier alpha value is -2.84. The highest BCUT2D eigenvalue weighted by Gasteiger charge is 2.43. The van der Waals surface area contributed by atoms with E-state index in [9.17, 15) is 18.4 Å². The van der Waals surface area contributed by atoms with E-state index < -0.39 is 17.7 Å². The molecular formula is C29H35F2N3O3. The largest absolute Gasteiger partial charge is 0.365 e. The highest BCUT2D eigenvalue weighted by atomic mass is 19.2. The number of rotatable bonds is 7. The zero-order valence-electron chi connectivity index (χ0n) is 21.6. The lowest BCUT2D eigenvalue weighted by molar-refractivity contribution is -0.143. The van der Waals surface area contributed by atoms with Crippen LogP contribution in [0.25, 0.3) is 0 Å². The molecule has 3 aliphatic rings. The molecule has 2 amide bonds. The van der Waals surface area contributed by atoms with Crippen molar-refractivity contribution in [3.63, 3.8) is 0 Å². The van der Waals surface area contributed by atoms with Crippen LogP contribution in [0, 0.1) is 11.6 Å². The van der Waals surface area contributed by atoms with Crippen LogP contribution in [-0.4, -0.2) is 65.8 Å². The van der Waals surface area contributed by atoms with E-state index in [0.29, 0.717) is 38.1 Å². The average molecular weight is 512 g/mol. The van der Waals surface area contributed by atoms with Gasteiger partial charge in [0.15, 0.2) is 11.6 Å². The van der Waals surface area contributed by atoms with Gasteiger partial charge in [0.2, 0.25) is 11.8 Å². The van der Waals surface area contributed by atoms with Crippen LogP contribution in [0.3, 0.4) is 0 Å². The molecule has 2 aromatic rings. The van der Waals surface area contributed by atoms with Crippen LogP contribution in [0.5, 0.6) is 0 Å². The Kier molecular flexibility index (Phi) is 7.32. The highest BCUT2D eigenvalue weighted by Crippen LogP contribution is 2.44. The third-order valence-electron chi connectivity index (χ3n) is 8.41. The first-order valence-corrected chi connectivity index (χ1v) is 13.2. The van der Waals surface area contributed by atoms with Gasteiger partial charge in [-0.1, -0.05) is 30.3 Å². The summed E-state index contributed by atoms with van der Waals surface area (Å²) < 4.78 is 33.9. The van der Waals surface area contributed by atoms with Crippen molar-refractivity contribution in [2.75, 3.05) is 33.2 Å². The van der Waals surface area contributed by atoms with Crippen LogP contribution in [0.2, 0.25) is 0 Å². The number of likely N-dealkylation sites (tertiary alicyclic amines) is 2. The number of ether oxygens (including phenoxy) is 1. The van der Waals surface area contributed by atoms with E-state index in [4.69, 9.17) is 4.74 Å². The molecule has 1 spiro atoms. The summed E-state index contributed by atoms with van der Waals surface area (Å²) in [6, 6.07) is 11.3. The molecule has 2 saturated heterocycles. The molecular weight excluding hydrogens is 476 g/mol. The Morgan fingerprint density at radius 1 is 1.11 bits per heavy atom. The van der Waals surface area contributed by atoms with E-state index in [1.807, 2.05) is 0 Å². The summed E-state index contributed by atoms with van der Waals surface area (Å²) in [4.78, 5) is 31.6. The fraction of sp³-hybridized carbons (Fsp3) is 0.517. The minimum absolute atomic E-state index is 0.136. The van der Waals surface area contributed by atoms with E-state index in [1.165, 1.54) is 22.1 Å². The molecule has 8 heteroatoms. The molecule has 0 aliphatic carbocycles. The van der Waals surface area contributed by atoms with Gasteiger partial charge in [-0.3, -0.25) is 9.59 Å². The molecule has 5 rings (SSSR count). The van der Waals surface area contributed by atoms with E-state index >= 15 is 0 Å². The Bertz CT molecular complexity index is 1160. The summed E-state index contributed by atoms with van der Waals surface area (Å²) >= 11 is 0. The molecule has 198 valence electrons. The predicted molar refractivity (Wildman–Crippen MR) is 135 cm³/mol. The molecule has 37 heavy (non-hydrogen) atoms. The van der Waals surface area contributed by atoms with Crippen molar-refractivity contribution in [3.05, 3.63) is 70.8 Å². The number of hydrogen-bond acceptors (Lipinski definition) is 4. The van der Waals surface area contributed by atoms with Gasteiger partial charge in [0, 0.05) is 45.7 Å². The van der Waals surface area contributed by atoms with Crippen LogP contribution < -0.4 is 0 Å². The van der Waals surface area contributed by atoms with Crippen LogP contribution in [0.1, 0.15) is 61.8 Å². The fourth-order valence-electron chi connectivity index (χ4n) is 6.09. The summed E-state index contributed by atoms with van der Waals surface area (Å²) in [5.74, 6) is -2.40. The molecule has 0 N–H and O–H groups in total. The van der Waals surface area contributed by atoms with Gasteiger partial charge in [-0.15, -0.1) is 0 Å². The number of benzene rings is 2. The second kappa shape index (κ2) is 10.5. The number of carbonyl (C=O) groups excluding carboxylic acids is 2. The molecule has 2 aromatic carbocycles. The highest BCUT2D eigenvalue weighted by molar-refractivity contribution is 5.89. The van der Waals surface area contributed by atoms with Crippen molar-refractivity contribution in [1.82, 2.24) is 14.7 Å². The van der Waals surface area contributed by atoms with Gasteiger partial charge in [0.25, 0.3) is 0 Å². The van der Waals surface area contributed by atoms with Gasteiger partial charge in [-0.25, -0.2) is 8.78 Å². The summed E-state index contributed by atoms with van der Waals surface area (Å²) in [6.45, 7) is 5.64. The van der Waals surface area contributed by atoms with Crippen LogP contribution in [0.15, 0.2) is 42.5 Å². The molecule has 0 aromatic heterocycles. The Morgan fingerprint density at radius 3 is 2.57 bits per heavy atom. The van der Waals surface area contributed by atoms with Crippen molar-refractivity contribution in [1.29, 1.82) is 0 Å². The van der Waals surface area contributed by atoms with Gasteiger partial charge >= 0.3 is 0 Å². The van der Waals surface area contributed by atoms with Crippen molar-refractivity contribution in [2.45, 2.75) is 63.3 Å². The molecule has 2 fully saturated rings. The lowest BCUT2D eigenvalue weighted by atomic mass is 9.83. The number of amides is 2. The molecule has 2 atom stereocenters. The van der Waals surface area contributed by atoms with E-state index in [0.717, 1.165) is 44.5 Å². The molecule has 0 saturated carbocycles. The summed E-state index contributed by atoms with van der Waals surface area (Å²) in [5.41, 5.74) is 2.74. The van der Waals surface area contributed by atoms with Crippen LogP contribution in [0.4, 0.5) is 8.78 Å². The first-order chi connectivity index (χ1) is 17.8. The number of likely N-dealkylation sites (N-methyl/N-ethyl adjacent to an activating group) is 1. The lowest BCUT2D eigenvalue weighted by Gasteiger charge is -2.42. The zero-order valence-corrected chi connectivity index (χ0v) is 21.6. The summed E-state index contributed by atoms with van der Waals surface area (Å²) in [7, 11) is 1.72. The first kappa shape index (κ1) is 25.8. The molecule has 2 unspecified atom stereocenters. The van der Waals surface area contributed by atoms with Crippen molar-refractivity contribution in [3.8, 4) is 0 Å². The topological polar surface area (TPSA) is 53.1 Å². The maximum atomic E-state index is 14.0. The SMILES string of the molecule is CC(CCN(C)C(=O)C(c1ccc(F)c(F)c1)N1CCCC1=O)N1CCC2(CC1)OCc1ccccc12. The quantitative estimate of drug-likeness (QED) is 0.554. The number of hydrogen-bond donors (Lipinski definition) is 0. The lowest BCUT2D eigenvalue weighted by Crippen LogP contribution is -2.47. The van der Waals surface area contributed by atoms with Gasteiger partial charge in [0.1, 0.15) is 6.04 Å². The van der Waals surface area contributed by atoms with E-state index in [1.54, 1.807) is 11.9 Å². The van der Waals surface area contributed by atoms with Crippen molar-refractivity contribution < 1.29 is 23.1 Å². The zero-order chi connectivity index (χ0) is 26.2. The van der Waals surface area contributed by atoms with Crippen molar-refractivity contribution in [2.24, 2.45) is 0 Å². The molecule has 0 radical (unpaired) electrons. The molecule has 0 bridgehead atoms. The van der Waals surface area contributed by atoms with Gasteiger partial charge in [-0.05, 0) is 61.4 Å². The van der Waals surface area contributed by atoms with Gasteiger partial charge in [0.05, 0.1) is 12.2 Å². The van der Waals surface area contributed by atoms with E-state index in [-0.39, 0.29) is 23.5 Å². The Labute approximate surface area is 217 Å². The monoisotopic (exact) mass is 511 g/mol. The predicted octanol–water partition coefficient (Wildman–Crippen LogP) is 4.39. The molecule has 3 aliphatic heterocycles. The minimum Gasteiger partial charge on any atom is -0.365 e. The van der Waals surface area contributed by atoms with Gasteiger partial charge in [-0.2, -0.15) is 0 Å². The summed E-state index contributed by atoms with van der Waals surface area (Å²) in [6.07, 6.45) is 3.67. The second-order valence-electron chi connectivity index (χ2n) is 10.6. The number of piperidine rings is 1. The number of nitrogens with zero attached hydrogens (tertiary/aromatic N) is 3. The smallest absolute Gasteiger partial charge is 0.249 e. The third-order valence-corrected chi connectivity index (χ3v) is 8.41. The second-order valence-corrected chi connectivity index (χ2v) is 10.6. The van der Waals surface area contributed by atoms with Gasteiger partial charge < -0.3 is 19.4 Å². The number of fused-ring (bicyclic) bond motifs is 2. The normalized spacial score (nSPS) is 20.8.